The largest absolute Gasteiger partial charge is 0.388 e. The number of carbonyl (C=O) groups excluding carboxylic acids is 1. The molecule has 2 N–H and O–H groups in total. The molecule has 0 bridgehead atoms. The molecule has 1 aromatic heterocycles. The van der Waals surface area contributed by atoms with Crippen molar-refractivity contribution in [3.05, 3.63) is 36.0 Å². The van der Waals surface area contributed by atoms with Crippen molar-refractivity contribution in [1.29, 1.82) is 0 Å². The van der Waals surface area contributed by atoms with Gasteiger partial charge in [0.25, 0.3) is 5.91 Å². The van der Waals surface area contributed by atoms with Crippen LogP contribution in [0.2, 0.25) is 0 Å². The van der Waals surface area contributed by atoms with Crippen molar-refractivity contribution in [2.75, 3.05) is 18.9 Å². The highest BCUT2D eigenvalue weighted by Crippen LogP contribution is 2.22. The molecule has 100 valence electrons. The molecule has 0 atom stereocenters. The molecule has 4 nitrogen and oxygen atoms in total. The van der Waals surface area contributed by atoms with E-state index in [1.165, 1.54) is 0 Å². The molecule has 1 amide bonds. The monoisotopic (exact) mass is 257 g/mol. The highest BCUT2D eigenvalue weighted by molar-refractivity contribution is 5.99. The first-order valence-corrected chi connectivity index (χ1v) is 6.62. The van der Waals surface area contributed by atoms with Gasteiger partial charge < -0.3 is 10.6 Å². The number of unbranched alkanes of at least 4 members (excludes halogenated alkanes) is 1. The molecule has 2 rings (SSSR count). The summed E-state index contributed by atoms with van der Waals surface area (Å²) in [5.74, 6) is -0.115. The predicted molar refractivity (Wildman–Crippen MR) is 78.5 cm³/mol. The topological polar surface area (TPSA) is 54.0 Å². The third kappa shape index (κ3) is 3.02. The Labute approximate surface area is 113 Å². The highest BCUT2D eigenvalue weighted by atomic mass is 16.1. The van der Waals surface area contributed by atoms with E-state index < -0.39 is 0 Å². The summed E-state index contributed by atoms with van der Waals surface area (Å²) < 4.78 is 0. The van der Waals surface area contributed by atoms with Crippen LogP contribution in [-0.4, -0.2) is 24.5 Å². The molecule has 2 aromatic rings. The number of nitrogens with zero attached hydrogens (tertiary/aromatic N) is 1. The Hall–Kier alpha value is -2.10. The first-order chi connectivity index (χ1) is 9.26. The molecule has 0 aliphatic carbocycles. The SMILES string of the molecule is CCCCNC(=O)c1cc(NC)c2ccccc2n1. The molecule has 0 aliphatic rings. The van der Waals surface area contributed by atoms with Crippen LogP contribution in [0.5, 0.6) is 0 Å². The third-order valence-corrected chi connectivity index (χ3v) is 3.03. The summed E-state index contributed by atoms with van der Waals surface area (Å²) in [6.45, 7) is 2.79. The maximum atomic E-state index is 12.0. The normalized spacial score (nSPS) is 10.4. The Morgan fingerprint density at radius 2 is 2.11 bits per heavy atom. The fraction of sp³-hybridized carbons (Fsp3) is 0.333. The Kier molecular flexibility index (Phi) is 4.34. The van der Waals surface area contributed by atoms with Gasteiger partial charge in [0.05, 0.1) is 5.52 Å². The number of benzene rings is 1. The number of hydrogen-bond donors (Lipinski definition) is 2. The molecule has 4 heteroatoms. The maximum absolute atomic E-state index is 12.0. The number of nitrogens with one attached hydrogen (secondary N) is 2. The van der Waals surface area contributed by atoms with Crippen molar-refractivity contribution in [2.45, 2.75) is 19.8 Å². The van der Waals surface area contributed by atoms with Gasteiger partial charge in [-0.05, 0) is 18.6 Å². The summed E-state index contributed by atoms with van der Waals surface area (Å²) >= 11 is 0. The first-order valence-electron chi connectivity index (χ1n) is 6.62. The standard InChI is InChI=1S/C15H19N3O/c1-3-4-9-17-15(19)14-10-13(16-2)11-7-5-6-8-12(11)18-14/h5-8,10H,3-4,9H2,1-2H3,(H,16,18)(H,17,19). The fourth-order valence-corrected chi connectivity index (χ4v) is 1.97. The van der Waals surface area contributed by atoms with Crippen LogP contribution in [0.3, 0.4) is 0 Å². The average Bonchev–Trinajstić information content (AvgIpc) is 2.46. The van der Waals surface area contributed by atoms with Crippen molar-refractivity contribution in [1.82, 2.24) is 10.3 Å². The van der Waals surface area contributed by atoms with Gasteiger partial charge in [-0.15, -0.1) is 0 Å². The molecule has 0 fully saturated rings. The number of pyridine rings is 1. The second-order valence-corrected chi connectivity index (χ2v) is 4.43. The van der Waals surface area contributed by atoms with E-state index in [0.29, 0.717) is 12.2 Å². The van der Waals surface area contributed by atoms with Gasteiger partial charge in [-0.2, -0.15) is 0 Å². The molecule has 1 heterocycles. The summed E-state index contributed by atoms with van der Waals surface area (Å²) in [7, 11) is 1.85. The van der Waals surface area contributed by atoms with E-state index in [4.69, 9.17) is 0 Å². The lowest BCUT2D eigenvalue weighted by atomic mass is 10.1. The second-order valence-electron chi connectivity index (χ2n) is 4.43. The van der Waals surface area contributed by atoms with Gasteiger partial charge in [-0.25, -0.2) is 4.98 Å². The maximum Gasteiger partial charge on any atom is 0.269 e. The zero-order valence-corrected chi connectivity index (χ0v) is 11.4. The summed E-state index contributed by atoms with van der Waals surface area (Å²) in [6.07, 6.45) is 2.05. The van der Waals surface area contributed by atoms with Crippen molar-refractivity contribution >= 4 is 22.5 Å². The van der Waals surface area contributed by atoms with E-state index in [9.17, 15) is 4.79 Å². The van der Waals surface area contributed by atoms with Crippen LogP contribution < -0.4 is 10.6 Å². The number of amides is 1. The van der Waals surface area contributed by atoms with E-state index in [1.54, 1.807) is 6.07 Å². The number of hydrogen-bond acceptors (Lipinski definition) is 3. The van der Waals surface area contributed by atoms with Crippen LogP contribution in [0.25, 0.3) is 10.9 Å². The molecule has 19 heavy (non-hydrogen) atoms. The van der Waals surface area contributed by atoms with E-state index in [-0.39, 0.29) is 5.91 Å². The summed E-state index contributed by atoms with van der Waals surface area (Å²) in [4.78, 5) is 16.4. The molecule has 0 saturated heterocycles. The molecule has 0 saturated carbocycles. The number of rotatable bonds is 5. The lowest BCUT2D eigenvalue weighted by Crippen LogP contribution is -2.25. The van der Waals surface area contributed by atoms with Crippen LogP contribution in [0.4, 0.5) is 5.69 Å². The Morgan fingerprint density at radius 1 is 1.32 bits per heavy atom. The summed E-state index contributed by atoms with van der Waals surface area (Å²) in [5.41, 5.74) is 2.21. The van der Waals surface area contributed by atoms with E-state index in [2.05, 4.69) is 22.5 Å². The van der Waals surface area contributed by atoms with E-state index >= 15 is 0 Å². The Balaban J connectivity index is 2.31. The molecule has 0 aliphatic heterocycles. The van der Waals surface area contributed by atoms with Crippen molar-refractivity contribution < 1.29 is 4.79 Å². The van der Waals surface area contributed by atoms with Gasteiger partial charge in [0.2, 0.25) is 0 Å². The Morgan fingerprint density at radius 3 is 2.84 bits per heavy atom. The lowest BCUT2D eigenvalue weighted by Gasteiger charge is -2.09. The quantitative estimate of drug-likeness (QED) is 0.810. The van der Waals surface area contributed by atoms with Gasteiger partial charge >= 0.3 is 0 Å². The van der Waals surface area contributed by atoms with Crippen LogP contribution in [0, 0.1) is 0 Å². The fourth-order valence-electron chi connectivity index (χ4n) is 1.97. The van der Waals surface area contributed by atoms with Crippen LogP contribution in [0.15, 0.2) is 30.3 Å². The second kappa shape index (κ2) is 6.18. The molecule has 0 radical (unpaired) electrons. The number of carbonyl (C=O) groups is 1. The Bertz CT molecular complexity index is 581. The van der Waals surface area contributed by atoms with Gasteiger partial charge in [0.15, 0.2) is 0 Å². The van der Waals surface area contributed by atoms with E-state index in [0.717, 1.165) is 29.4 Å². The lowest BCUT2D eigenvalue weighted by molar-refractivity contribution is 0.0948. The number of para-hydroxylation sites is 1. The minimum Gasteiger partial charge on any atom is -0.388 e. The van der Waals surface area contributed by atoms with Crippen LogP contribution >= 0.6 is 0 Å². The molecular formula is C15H19N3O. The first kappa shape index (κ1) is 13.3. The van der Waals surface area contributed by atoms with Gasteiger partial charge in [0, 0.05) is 24.7 Å². The van der Waals surface area contributed by atoms with Gasteiger partial charge in [-0.1, -0.05) is 31.5 Å². The smallest absolute Gasteiger partial charge is 0.269 e. The van der Waals surface area contributed by atoms with Crippen molar-refractivity contribution in [3.63, 3.8) is 0 Å². The zero-order valence-electron chi connectivity index (χ0n) is 11.4. The van der Waals surface area contributed by atoms with E-state index in [1.807, 2.05) is 31.3 Å². The average molecular weight is 257 g/mol. The van der Waals surface area contributed by atoms with Crippen molar-refractivity contribution in [2.24, 2.45) is 0 Å². The number of aromatic nitrogens is 1. The van der Waals surface area contributed by atoms with Crippen LogP contribution in [-0.2, 0) is 0 Å². The molecular weight excluding hydrogens is 238 g/mol. The third-order valence-electron chi connectivity index (χ3n) is 3.03. The minimum atomic E-state index is -0.115. The van der Waals surface area contributed by atoms with Crippen LogP contribution in [0.1, 0.15) is 30.3 Å². The number of anilines is 1. The highest BCUT2D eigenvalue weighted by Gasteiger charge is 2.10. The number of fused-ring (bicyclic) bond motifs is 1. The summed E-state index contributed by atoms with van der Waals surface area (Å²) in [6, 6.07) is 9.59. The molecule has 1 aromatic carbocycles. The van der Waals surface area contributed by atoms with Gasteiger partial charge in [-0.3, -0.25) is 4.79 Å². The van der Waals surface area contributed by atoms with Gasteiger partial charge in [0.1, 0.15) is 5.69 Å². The zero-order chi connectivity index (χ0) is 13.7. The predicted octanol–water partition coefficient (Wildman–Crippen LogP) is 2.81. The van der Waals surface area contributed by atoms with Crippen molar-refractivity contribution in [3.8, 4) is 0 Å². The molecule has 0 unspecified atom stereocenters. The minimum absolute atomic E-state index is 0.115. The molecule has 0 spiro atoms. The summed E-state index contributed by atoms with van der Waals surface area (Å²) in [5, 5.41) is 7.02.